The number of hydrogen-bond donors (Lipinski definition) is 1. The average molecular weight is 481 g/mol. The largest absolute Gasteiger partial charge is 0.493 e. The molecular weight excluding hydrogens is 452 g/mol. The van der Waals surface area contributed by atoms with Gasteiger partial charge < -0.3 is 14.8 Å². The number of hydrogen-bond acceptors (Lipinski definition) is 7. The summed E-state index contributed by atoms with van der Waals surface area (Å²) in [5.41, 5.74) is 5.72. The van der Waals surface area contributed by atoms with E-state index in [4.69, 9.17) is 9.47 Å². The summed E-state index contributed by atoms with van der Waals surface area (Å²) in [4.78, 5) is 8.82. The van der Waals surface area contributed by atoms with E-state index in [0.29, 0.717) is 17.3 Å². The van der Waals surface area contributed by atoms with Crippen molar-refractivity contribution in [2.45, 2.75) is 26.2 Å². The van der Waals surface area contributed by atoms with E-state index >= 15 is 0 Å². The normalized spacial score (nSPS) is 11.5. The van der Waals surface area contributed by atoms with E-state index in [1.165, 1.54) is 11.9 Å². The van der Waals surface area contributed by atoms with Crippen molar-refractivity contribution < 1.29 is 9.47 Å². The number of benzene rings is 3. The topological polar surface area (TPSA) is 87.0 Å². The minimum absolute atomic E-state index is 0.107. The fourth-order valence-corrected chi connectivity index (χ4v) is 4.01. The first-order valence-electron chi connectivity index (χ1n) is 11.6. The zero-order valence-corrected chi connectivity index (χ0v) is 21.0. The molecule has 0 spiro atoms. The molecule has 5 rings (SSSR count). The van der Waals surface area contributed by atoms with Crippen LogP contribution in [-0.2, 0) is 5.41 Å². The number of methoxy groups -OCH3 is 2. The van der Waals surface area contributed by atoms with Crippen LogP contribution in [0.3, 0.4) is 0 Å². The second-order valence-corrected chi connectivity index (χ2v) is 9.50. The standard InChI is InChI=1S/C28H28N6O2/c1-28(2,3)19-11-9-18(10-12-19)24-16-34(33-32-24)21-8-6-7-20(13-21)31-27-22-14-25(35-4)26(36-5)15-23(22)29-17-30-27/h6-17H,1-5H3,(H,29,30,31). The second kappa shape index (κ2) is 9.30. The van der Waals surface area contributed by atoms with Crippen molar-refractivity contribution in [3.05, 3.63) is 78.8 Å². The molecule has 0 radical (unpaired) electrons. The first kappa shape index (κ1) is 23.3. The van der Waals surface area contributed by atoms with Gasteiger partial charge in [-0.1, -0.05) is 56.3 Å². The zero-order chi connectivity index (χ0) is 25.3. The molecule has 0 aliphatic heterocycles. The summed E-state index contributed by atoms with van der Waals surface area (Å²) >= 11 is 0. The predicted molar refractivity (Wildman–Crippen MR) is 141 cm³/mol. The van der Waals surface area contributed by atoms with Crippen LogP contribution in [0.15, 0.2) is 73.2 Å². The van der Waals surface area contributed by atoms with Crippen molar-refractivity contribution in [2.75, 3.05) is 19.5 Å². The van der Waals surface area contributed by atoms with E-state index < -0.39 is 0 Å². The third-order valence-corrected chi connectivity index (χ3v) is 6.05. The summed E-state index contributed by atoms with van der Waals surface area (Å²) in [6.45, 7) is 6.62. The molecule has 36 heavy (non-hydrogen) atoms. The second-order valence-electron chi connectivity index (χ2n) is 9.50. The van der Waals surface area contributed by atoms with Crippen molar-refractivity contribution in [1.82, 2.24) is 25.0 Å². The molecule has 182 valence electrons. The van der Waals surface area contributed by atoms with E-state index in [-0.39, 0.29) is 5.41 Å². The lowest BCUT2D eigenvalue weighted by atomic mass is 9.86. The Morgan fingerprint density at radius 3 is 2.33 bits per heavy atom. The molecule has 8 nitrogen and oxygen atoms in total. The number of fused-ring (bicyclic) bond motifs is 1. The molecule has 0 aliphatic rings. The Morgan fingerprint density at radius 2 is 1.61 bits per heavy atom. The van der Waals surface area contributed by atoms with Gasteiger partial charge in [0.15, 0.2) is 11.5 Å². The van der Waals surface area contributed by atoms with Crippen LogP contribution in [-0.4, -0.2) is 39.2 Å². The van der Waals surface area contributed by atoms with Gasteiger partial charge in [0.1, 0.15) is 17.8 Å². The van der Waals surface area contributed by atoms with Crippen LogP contribution in [0.5, 0.6) is 11.5 Å². The Kier molecular flexibility index (Phi) is 6.01. The van der Waals surface area contributed by atoms with Gasteiger partial charge in [-0.05, 0) is 35.2 Å². The summed E-state index contributed by atoms with van der Waals surface area (Å²) < 4.78 is 12.6. The van der Waals surface area contributed by atoms with Crippen LogP contribution in [0.25, 0.3) is 27.8 Å². The smallest absolute Gasteiger partial charge is 0.162 e. The van der Waals surface area contributed by atoms with Crippen molar-refractivity contribution in [3.8, 4) is 28.4 Å². The highest BCUT2D eigenvalue weighted by atomic mass is 16.5. The highest BCUT2D eigenvalue weighted by Gasteiger charge is 2.14. The summed E-state index contributed by atoms with van der Waals surface area (Å²) in [6, 6.07) is 20.1. The minimum Gasteiger partial charge on any atom is -0.493 e. The number of ether oxygens (including phenoxy) is 2. The number of aromatic nitrogens is 5. The fraction of sp³-hybridized carbons (Fsp3) is 0.214. The van der Waals surface area contributed by atoms with Crippen LogP contribution in [0.2, 0.25) is 0 Å². The molecule has 0 saturated carbocycles. The molecule has 0 amide bonds. The molecule has 3 aromatic carbocycles. The van der Waals surface area contributed by atoms with Crippen molar-refractivity contribution in [1.29, 1.82) is 0 Å². The first-order valence-corrected chi connectivity index (χ1v) is 11.6. The molecule has 1 N–H and O–H groups in total. The highest BCUT2D eigenvalue weighted by molar-refractivity contribution is 5.93. The van der Waals surface area contributed by atoms with Crippen molar-refractivity contribution in [3.63, 3.8) is 0 Å². The van der Waals surface area contributed by atoms with Crippen LogP contribution < -0.4 is 14.8 Å². The molecule has 0 bridgehead atoms. The maximum atomic E-state index is 5.46. The van der Waals surface area contributed by atoms with Gasteiger partial charge in [0, 0.05) is 22.7 Å². The van der Waals surface area contributed by atoms with Gasteiger partial charge in [0.25, 0.3) is 0 Å². The van der Waals surface area contributed by atoms with E-state index in [0.717, 1.165) is 33.5 Å². The van der Waals surface area contributed by atoms with Gasteiger partial charge >= 0.3 is 0 Å². The summed E-state index contributed by atoms with van der Waals surface area (Å²) in [6.07, 6.45) is 3.46. The van der Waals surface area contributed by atoms with Crippen molar-refractivity contribution >= 4 is 22.4 Å². The maximum absolute atomic E-state index is 5.46. The van der Waals surface area contributed by atoms with E-state index in [1.807, 2.05) is 42.6 Å². The lowest BCUT2D eigenvalue weighted by Gasteiger charge is -2.18. The van der Waals surface area contributed by atoms with Gasteiger partial charge in [-0.2, -0.15) is 0 Å². The Bertz CT molecular complexity index is 1520. The van der Waals surface area contributed by atoms with E-state index in [1.54, 1.807) is 18.9 Å². The summed E-state index contributed by atoms with van der Waals surface area (Å²) in [5, 5.41) is 13.0. The highest BCUT2D eigenvalue weighted by Crippen LogP contribution is 2.34. The van der Waals surface area contributed by atoms with E-state index in [2.05, 4.69) is 70.6 Å². The van der Waals surface area contributed by atoms with Gasteiger partial charge in [-0.15, -0.1) is 5.10 Å². The van der Waals surface area contributed by atoms with Gasteiger partial charge in [0.2, 0.25) is 0 Å². The Hall–Kier alpha value is -4.46. The molecule has 8 heteroatoms. The number of nitrogens with one attached hydrogen (secondary N) is 1. The molecule has 0 fully saturated rings. The lowest BCUT2D eigenvalue weighted by molar-refractivity contribution is 0.356. The summed E-state index contributed by atoms with van der Waals surface area (Å²) in [7, 11) is 3.21. The molecule has 5 aromatic rings. The average Bonchev–Trinajstić information content (AvgIpc) is 3.38. The quantitative estimate of drug-likeness (QED) is 0.322. The molecule has 0 aliphatic carbocycles. The third kappa shape index (κ3) is 4.57. The first-order chi connectivity index (χ1) is 17.4. The van der Waals surface area contributed by atoms with Crippen LogP contribution >= 0.6 is 0 Å². The van der Waals surface area contributed by atoms with E-state index in [9.17, 15) is 0 Å². The molecular formula is C28H28N6O2. The molecule has 0 unspecified atom stereocenters. The third-order valence-electron chi connectivity index (χ3n) is 6.05. The van der Waals surface area contributed by atoms with Crippen LogP contribution in [0.4, 0.5) is 11.5 Å². The molecule has 0 atom stereocenters. The Labute approximate surface area is 209 Å². The number of anilines is 2. The SMILES string of the molecule is COc1cc2ncnc(Nc3cccc(-n4cc(-c5ccc(C(C)(C)C)cc5)nn4)c3)c2cc1OC. The van der Waals surface area contributed by atoms with Crippen molar-refractivity contribution in [2.24, 2.45) is 0 Å². The predicted octanol–water partition coefficient (Wildman–Crippen LogP) is 5.94. The summed E-state index contributed by atoms with van der Waals surface area (Å²) in [5.74, 6) is 1.89. The van der Waals surface area contributed by atoms with Gasteiger partial charge in [0.05, 0.1) is 31.6 Å². The minimum atomic E-state index is 0.107. The van der Waals surface area contributed by atoms with Gasteiger partial charge in [-0.3, -0.25) is 0 Å². The van der Waals surface area contributed by atoms with Gasteiger partial charge in [-0.25, -0.2) is 14.6 Å². The lowest BCUT2D eigenvalue weighted by Crippen LogP contribution is -2.10. The molecule has 2 heterocycles. The monoisotopic (exact) mass is 480 g/mol. The number of rotatable bonds is 6. The Balaban J connectivity index is 1.42. The fourth-order valence-electron chi connectivity index (χ4n) is 4.01. The Morgan fingerprint density at radius 1 is 0.861 bits per heavy atom. The maximum Gasteiger partial charge on any atom is 0.162 e. The number of nitrogens with zero attached hydrogens (tertiary/aromatic N) is 5. The zero-order valence-electron chi connectivity index (χ0n) is 21.0. The van der Waals surface area contributed by atoms with Crippen LogP contribution in [0, 0.1) is 0 Å². The molecule has 0 saturated heterocycles. The van der Waals surface area contributed by atoms with Crippen LogP contribution in [0.1, 0.15) is 26.3 Å². The molecule has 2 aromatic heterocycles.